The number of hydrogen-bond donors (Lipinski definition) is 1. The number of rotatable bonds is 3. The van der Waals surface area contributed by atoms with Gasteiger partial charge in [0.05, 0.1) is 6.04 Å². The van der Waals surface area contributed by atoms with Gasteiger partial charge in [0.15, 0.2) is 5.76 Å². The fraction of sp³-hybridized carbons (Fsp3) is 0.400. The normalized spacial score (nSPS) is 12.7. The summed E-state index contributed by atoms with van der Waals surface area (Å²) in [7, 11) is 0. The van der Waals surface area contributed by atoms with Gasteiger partial charge in [-0.1, -0.05) is 18.1 Å². The van der Waals surface area contributed by atoms with E-state index in [0.29, 0.717) is 0 Å². The first-order valence-electron chi connectivity index (χ1n) is 6.33. The zero-order chi connectivity index (χ0) is 13.3. The zero-order valence-corrected chi connectivity index (χ0v) is 11.4. The average molecular weight is 244 g/mol. The van der Waals surface area contributed by atoms with Crippen molar-refractivity contribution >= 4 is 0 Å². The minimum Gasteiger partial charge on any atom is -0.359 e. The Morgan fingerprint density at radius 3 is 2.44 bits per heavy atom. The number of aryl methyl sites for hydroxylation is 3. The molecule has 0 spiro atoms. The minimum absolute atomic E-state index is 0.0712. The Balaban J connectivity index is 2.43. The first-order chi connectivity index (χ1) is 8.52. The van der Waals surface area contributed by atoms with E-state index in [9.17, 15) is 0 Å². The SMILES string of the molecule is CCC(N)c1cc(-c2cc(C)c(C)cc2C)no1. The van der Waals surface area contributed by atoms with Crippen molar-refractivity contribution in [2.75, 3.05) is 0 Å². The summed E-state index contributed by atoms with van der Waals surface area (Å²) in [5, 5.41) is 4.13. The molecule has 3 nitrogen and oxygen atoms in total. The molecule has 18 heavy (non-hydrogen) atoms. The predicted molar refractivity (Wildman–Crippen MR) is 73.4 cm³/mol. The van der Waals surface area contributed by atoms with Crippen molar-refractivity contribution in [1.29, 1.82) is 0 Å². The van der Waals surface area contributed by atoms with Crippen LogP contribution in [0.25, 0.3) is 11.3 Å². The summed E-state index contributed by atoms with van der Waals surface area (Å²) in [4.78, 5) is 0. The van der Waals surface area contributed by atoms with E-state index < -0.39 is 0 Å². The number of benzene rings is 1. The lowest BCUT2D eigenvalue weighted by molar-refractivity contribution is 0.360. The summed E-state index contributed by atoms with van der Waals surface area (Å²) in [5.41, 5.74) is 11.7. The molecule has 2 rings (SSSR count). The quantitative estimate of drug-likeness (QED) is 0.896. The molecule has 0 aliphatic rings. The molecule has 2 N–H and O–H groups in total. The van der Waals surface area contributed by atoms with Crippen LogP contribution >= 0.6 is 0 Å². The van der Waals surface area contributed by atoms with Gasteiger partial charge in [-0.2, -0.15) is 0 Å². The Labute approximate surface area is 108 Å². The molecule has 1 heterocycles. The third-order valence-corrected chi connectivity index (χ3v) is 3.45. The summed E-state index contributed by atoms with van der Waals surface area (Å²) >= 11 is 0. The fourth-order valence-corrected chi connectivity index (χ4v) is 2.03. The Morgan fingerprint density at radius 1 is 1.11 bits per heavy atom. The molecular formula is C15H20N2O. The number of aromatic nitrogens is 1. The molecule has 1 unspecified atom stereocenters. The molecule has 3 heteroatoms. The monoisotopic (exact) mass is 244 g/mol. The topological polar surface area (TPSA) is 52.0 Å². The molecule has 0 aliphatic carbocycles. The molecule has 1 aromatic carbocycles. The predicted octanol–water partition coefficient (Wildman–Crippen LogP) is 3.68. The number of hydrogen-bond acceptors (Lipinski definition) is 3. The molecule has 0 saturated heterocycles. The van der Waals surface area contributed by atoms with Crippen molar-refractivity contribution in [3.63, 3.8) is 0 Å². The third kappa shape index (κ3) is 2.31. The van der Waals surface area contributed by atoms with Crippen LogP contribution in [0.5, 0.6) is 0 Å². The first-order valence-corrected chi connectivity index (χ1v) is 6.33. The van der Waals surface area contributed by atoms with Gasteiger partial charge in [0.2, 0.25) is 0 Å². The summed E-state index contributed by atoms with van der Waals surface area (Å²) in [6.07, 6.45) is 0.848. The van der Waals surface area contributed by atoms with Crippen LogP contribution in [0.4, 0.5) is 0 Å². The molecular weight excluding hydrogens is 224 g/mol. The van der Waals surface area contributed by atoms with E-state index in [0.717, 1.165) is 23.4 Å². The van der Waals surface area contributed by atoms with E-state index in [-0.39, 0.29) is 6.04 Å². The van der Waals surface area contributed by atoms with Crippen LogP contribution in [0.1, 0.15) is 41.8 Å². The lowest BCUT2D eigenvalue weighted by Gasteiger charge is -2.06. The highest BCUT2D eigenvalue weighted by Crippen LogP contribution is 2.27. The highest BCUT2D eigenvalue weighted by Gasteiger charge is 2.13. The van der Waals surface area contributed by atoms with Crippen LogP contribution in [0.15, 0.2) is 22.7 Å². The molecule has 2 aromatic rings. The molecule has 0 bridgehead atoms. The van der Waals surface area contributed by atoms with E-state index in [1.165, 1.54) is 16.7 Å². The number of nitrogens with two attached hydrogens (primary N) is 1. The van der Waals surface area contributed by atoms with Gasteiger partial charge in [-0.25, -0.2) is 0 Å². The van der Waals surface area contributed by atoms with E-state index in [1.54, 1.807) is 0 Å². The number of nitrogens with zero attached hydrogens (tertiary/aromatic N) is 1. The van der Waals surface area contributed by atoms with Crippen LogP contribution < -0.4 is 5.73 Å². The van der Waals surface area contributed by atoms with E-state index >= 15 is 0 Å². The average Bonchev–Trinajstić information content (AvgIpc) is 2.82. The van der Waals surface area contributed by atoms with Crippen molar-refractivity contribution in [1.82, 2.24) is 5.16 Å². The maximum Gasteiger partial charge on any atom is 0.154 e. The van der Waals surface area contributed by atoms with E-state index in [1.807, 2.05) is 13.0 Å². The Bertz CT molecular complexity index is 558. The van der Waals surface area contributed by atoms with Crippen molar-refractivity contribution in [3.05, 3.63) is 40.6 Å². The standard InChI is InChI=1S/C15H20N2O/c1-5-13(16)15-8-14(17-18-15)12-7-10(3)9(2)6-11(12)4/h6-8,13H,5,16H2,1-4H3. The smallest absolute Gasteiger partial charge is 0.154 e. The first kappa shape index (κ1) is 12.8. The summed E-state index contributed by atoms with van der Waals surface area (Å²) in [6, 6.07) is 6.21. The Morgan fingerprint density at radius 2 is 1.78 bits per heavy atom. The Kier molecular flexibility index (Phi) is 3.53. The molecule has 0 aliphatic heterocycles. The Hall–Kier alpha value is -1.61. The van der Waals surface area contributed by atoms with E-state index in [2.05, 4.69) is 38.1 Å². The zero-order valence-electron chi connectivity index (χ0n) is 11.4. The lowest BCUT2D eigenvalue weighted by Crippen LogP contribution is -2.06. The molecule has 0 saturated carbocycles. The second-order valence-electron chi connectivity index (χ2n) is 4.88. The molecule has 0 fully saturated rings. The van der Waals surface area contributed by atoms with Gasteiger partial charge in [0.25, 0.3) is 0 Å². The van der Waals surface area contributed by atoms with Gasteiger partial charge in [0.1, 0.15) is 5.69 Å². The van der Waals surface area contributed by atoms with Crippen LogP contribution in [0.3, 0.4) is 0 Å². The highest BCUT2D eigenvalue weighted by molar-refractivity contribution is 5.65. The second-order valence-corrected chi connectivity index (χ2v) is 4.88. The van der Waals surface area contributed by atoms with Gasteiger partial charge in [-0.3, -0.25) is 0 Å². The van der Waals surface area contributed by atoms with Gasteiger partial charge < -0.3 is 10.3 Å². The van der Waals surface area contributed by atoms with Gasteiger partial charge >= 0.3 is 0 Å². The third-order valence-electron chi connectivity index (χ3n) is 3.45. The molecule has 0 amide bonds. The van der Waals surface area contributed by atoms with Crippen LogP contribution in [0, 0.1) is 20.8 Å². The minimum atomic E-state index is -0.0712. The van der Waals surface area contributed by atoms with Crippen LogP contribution in [0.2, 0.25) is 0 Å². The van der Waals surface area contributed by atoms with Gasteiger partial charge in [-0.05, 0) is 49.9 Å². The highest BCUT2D eigenvalue weighted by atomic mass is 16.5. The van der Waals surface area contributed by atoms with Gasteiger partial charge in [-0.15, -0.1) is 0 Å². The van der Waals surface area contributed by atoms with E-state index in [4.69, 9.17) is 10.3 Å². The second kappa shape index (κ2) is 4.94. The largest absolute Gasteiger partial charge is 0.359 e. The summed E-state index contributed by atoms with van der Waals surface area (Å²) in [6.45, 7) is 8.36. The fourth-order valence-electron chi connectivity index (χ4n) is 2.03. The van der Waals surface area contributed by atoms with Crippen LogP contribution in [-0.4, -0.2) is 5.16 Å². The van der Waals surface area contributed by atoms with Crippen molar-refractivity contribution in [3.8, 4) is 11.3 Å². The van der Waals surface area contributed by atoms with Crippen molar-refractivity contribution < 1.29 is 4.52 Å². The van der Waals surface area contributed by atoms with Crippen molar-refractivity contribution in [2.24, 2.45) is 5.73 Å². The molecule has 1 atom stereocenters. The maximum absolute atomic E-state index is 5.94. The van der Waals surface area contributed by atoms with Gasteiger partial charge in [0, 0.05) is 11.6 Å². The molecule has 0 radical (unpaired) electrons. The molecule has 1 aromatic heterocycles. The lowest BCUT2D eigenvalue weighted by atomic mass is 9.98. The summed E-state index contributed by atoms with van der Waals surface area (Å²) in [5.74, 6) is 0.755. The van der Waals surface area contributed by atoms with Crippen molar-refractivity contribution in [2.45, 2.75) is 40.2 Å². The van der Waals surface area contributed by atoms with Crippen LogP contribution in [-0.2, 0) is 0 Å². The maximum atomic E-state index is 5.94. The summed E-state index contributed by atoms with van der Waals surface area (Å²) < 4.78 is 5.32. The molecule has 96 valence electrons.